The van der Waals surface area contributed by atoms with Gasteiger partial charge in [0.15, 0.2) is 0 Å². The Labute approximate surface area is 112 Å². The average Bonchev–Trinajstić information content (AvgIpc) is 2.48. The molecular formula is C14H18N2O3. The third-order valence-electron chi connectivity index (χ3n) is 2.78. The standard InChI is InChI=1S/C14H18N2O3/c1-14(2,3)13(18)15-9-4-5-11-10(8-9)16-12(17)6-7-19-11/h4-5,8H,6-7H2,1-3H3,(H,15,18)(H,16,17). The van der Waals surface area contributed by atoms with E-state index in [1.165, 1.54) is 0 Å². The highest BCUT2D eigenvalue weighted by atomic mass is 16.5. The number of fused-ring (bicyclic) bond motifs is 1. The van der Waals surface area contributed by atoms with Crippen molar-refractivity contribution in [1.82, 2.24) is 0 Å². The number of benzene rings is 1. The second-order valence-corrected chi connectivity index (χ2v) is 5.56. The zero-order chi connectivity index (χ0) is 14.0. The monoisotopic (exact) mass is 262 g/mol. The van der Waals surface area contributed by atoms with Crippen molar-refractivity contribution in [2.75, 3.05) is 17.2 Å². The first kappa shape index (κ1) is 13.4. The fourth-order valence-corrected chi connectivity index (χ4v) is 1.62. The molecule has 0 aliphatic carbocycles. The highest BCUT2D eigenvalue weighted by Gasteiger charge is 2.22. The van der Waals surface area contributed by atoms with Crippen LogP contribution in [-0.2, 0) is 9.59 Å². The van der Waals surface area contributed by atoms with E-state index in [0.717, 1.165) is 0 Å². The van der Waals surface area contributed by atoms with Crippen LogP contribution in [0.1, 0.15) is 27.2 Å². The first-order valence-corrected chi connectivity index (χ1v) is 6.24. The molecule has 0 saturated heterocycles. The fraction of sp³-hybridized carbons (Fsp3) is 0.429. The molecule has 0 spiro atoms. The van der Waals surface area contributed by atoms with Gasteiger partial charge in [0.25, 0.3) is 0 Å². The molecule has 2 amide bonds. The Morgan fingerprint density at radius 1 is 1.37 bits per heavy atom. The van der Waals surface area contributed by atoms with Crippen LogP contribution in [-0.4, -0.2) is 18.4 Å². The summed E-state index contributed by atoms with van der Waals surface area (Å²) in [5.41, 5.74) is 0.769. The number of rotatable bonds is 1. The van der Waals surface area contributed by atoms with E-state index in [0.29, 0.717) is 30.2 Å². The van der Waals surface area contributed by atoms with Crippen molar-refractivity contribution in [3.8, 4) is 5.75 Å². The van der Waals surface area contributed by atoms with E-state index in [9.17, 15) is 9.59 Å². The number of amides is 2. The number of nitrogens with one attached hydrogen (secondary N) is 2. The summed E-state index contributed by atoms with van der Waals surface area (Å²) < 4.78 is 5.45. The number of hydrogen-bond acceptors (Lipinski definition) is 3. The maximum atomic E-state index is 11.9. The summed E-state index contributed by atoms with van der Waals surface area (Å²) in [4.78, 5) is 23.4. The van der Waals surface area contributed by atoms with E-state index < -0.39 is 5.41 Å². The molecule has 19 heavy (non-hydrogen) atoms. The molecule has 1 aromatic rings. The van der Waals surface area contributed by atoms with E-state index >= 15 is 0 Å². The number of anilines is 2. The van der Waals surface area contributed by atoms with Gasteiger partial charge in [-0.2, -0.15) is 0 Å². The normalized spacial score (nSPS) is 14.8. The minimum Gasteiger partial charge on any atom is -0.491 e. The third-order valence-corrected chi connectivity index (χ3v) is 2.78. The van der Waals surface area contributed by atoms with Crippen LogP contribution in [0.15, 0.2) is 18.2 Å². The van der Waals surface area contributed by atoms with Gasteiger partial charge in [0.05, 0.1) is 18.7 Å². The number of ether oxygens (including phenoxy) is 1. The van der Waals surface area contributed by atoms with Crippen molar-refractivity contribution in [3.63, 3.8) is 0 Å². The molecule has 0 atom stereocenters. The van der Waals surface area contributed by atoms with Crippen LogP contribution in [0, 0.1) is 5.41 Å². The lowest BCUT2D eigenvalue weighted by atomic mass is 9.95. The predicted octanol–water partition coefficient (Wildman–Crippen LogP) is 2.39. The fourth-order valence-electron chi connectivity index (χ4n) is 1.62. The molecule has 0 bridgehead atoms. The van der Waals surface area contributed by atoms with Crippen LogP contribution in [0.3, 0.4) is 0 Å². The van der Waals surface area contributed by atoms with Gasteiger partial charge in [-0.3, -0.25) is 9.59 Å². The average molecular weight is 262 g/mol. The summed E-state index contributed by atoms with van der Waals surface area (Å²) >= 11 is 0. The molecule has 1 aliphatic heterocycles. The second-order valence-electron chi connectivity index (χ2n) is 5.56. The summed E-state index contributed by atoms with van der Waals surface area (Å²) in [6, 6.07) is 5.22. The van der Waals surface area contributed by atoms with Gasteiger partial charge in [-0.15, -0.1) is 0 Å². The molecule has 102 valence electrons. The Hall–Kier alpha value is -2.04. The van der Waals surface area contributed by atoms with Crippen LogP contribution in [0.4, 0.5) is 11.4 Å². The van der Waals surface area contributed by atoms with Crippen molar-refractivity contribution in [1.29, 1.82) is 0 Å². The summed E-state index contributed by atoms with van der Waals surface area (Å²) in [7, 11) is 0. The van der Waals surface area contributed by atoms with Gasteiger partial charge in [-0.05, 0) is 18.2 Å². The lowest BCUT2D eigenvalue weighted by molar-refractivity contribution is -0.123. The SMILES string of the molecule is CC(C)(C)C(=O)Nc1ccc2c(c1)NC(=O)CCO2. The van der Waals surface area contributed by atoms with Gasteiger partial charge in [0, 0.05) is 11.1 Å². The van der Waals surface area contributed by atoms with Crippen LogP contribution in [0.5, 0.6) is 5.75 Å². The van der Waals surface area contributed by atoms with E-state index in [2.05, 4.69) is 10.6 Å². The zero-order valence-corrected chi connectivity index (χ0v) is 11.4. The maximum Gasteiger partial charge on any atom is 0.229 e. The second kappa shape index (κ2) is 4.91. The Bertz CT molecular complexity index is 518. The van der Waals surface area contributed by atoms with Gasteiger partial charge < -0.3 is 15.4 Å². The van der Waals surface area contributed by atoms with Gasteiger partial charge in [-0.1, -0.05) is 20.8 Å². The highest BCUT2D eigenvalue weighted by molar-refractivity contribution is 5.97. The molecule has 5 nitrogen and oxygen atoms in total. The molecular weight excluding hydrogens is 244 g/mol. The summed E-state index contributed by atoms with van der Waals surface area (Å²) in [6.45, 7) is 5.90. The largest absolute Gasteiger partial charge is 0.491 e. The quantitative estimate of drug-likeness (QED) is 0.816. The summed E-state index contributed by atoms with van der Waals surface area (Å²) in [5, 5.41) is 5.58. The lowest BCUT2D eigenvalue weighted by Crippen LogP contribution is -2.27. The topological polar surface area (TPSA) is 67.4 Å². The van der Waals surface area contributed by atoms with Gasteiger partial charge >= 0.3 is 0 Å². The molecule has 0 fully saturated rings. The van der Waals surface area contributed by atoms with E-state index in [1.807, 2.05) is 20.8 Å². The van der Waals surface area contributed by atoms with Crippen molar-refractivity contribution in [2.24, 2.45) is 5.41 Å². The molecule has 0 saturated carbocycles. The van der Waals surface area contributed by atoms with Crippen molar-refractivity contribution in [3.05, 3.63) is 18.2 Å². The van der Waals surface area contributed by atoms with Gasteiger partial charge in [-0.25, -0.2) is 0 Å². The summed E-state index contributed by atoms with van der Waals surface area (Å²) in [5.74, 6) is 0.464. The number of carbonyl (C=O) groups excluding carboxylic acids is 2. The van der Waals surface area contributed by atoms with Crippen molar-refractivity contribution >= 4 is 23.2 Å². The Kier molecular flexibility index (Phi) is 3.46. The third kappa shape index (κ3) is 3.24. The first-order chi connectivity index (χ1) is 8.86. The van der Waals surface area contributed by atoms with Crippen LogP contribution < -0.4 is 15.4 Å². The van der Waals surface area contributed by atoms with Crippen LogP contribution in [0.25, 0.3) is 0 Å². The number of carbonyl (C=O) groups is 2. The summed E-state index contributed by atoms with van der Waals surface area (Å²) in [6.07, 6.45) is 0.332. The van der Waals surface area contributed by atoms with E-state index in [-0.39, 0.29) is 11.8 Å². The van der Waals surface area contributed by atoms with Crippen LogP contribution >= 0.6 is 0 Å². The van der Waals surface area contributed by atoms with Crippen molar-refractivity contribution < 1.29 is 14.3 Å². The first-order valence-electron chi connectivity index (χ1n) is 6.24. The molecule has 2 rings (SSSR count). The Morgan fingerprint density at radius 2 is 2.11 bits per heavy atom. The zero-order valence-electron chi connectivity index (χ0n) is 11.4. The van der Waals surface area contributed by atoms with E-state index in [4.69, 9.17) is 4.74 Å². The Morgan fingerprint density at radius 3 is 2.79 bits per heavy atom. The molecule has 1 aliphatic rings. The van der Waals surface area contributed by atoms with Gasteiger partial charge in [0.1, 0.15) is 5.75 Å². The predicted molar refractivity (Wildman–Crippen MR) is 73.3 cm³/mol. The van der Waals surface area contributed by atoms with E-state index in [1.54, 1.807) is 18.2 Å². The minimum absolute atomic E-state index is 0.0756. The molecule has 2 N–H and O–H groups in total. The van der Waals surface area contributed by atoms with Crippen LogP contribution in [0.2, 0.25) is 0 Å². The molecule has 1 heterocycles. The maximum absolute atomic E-state index is 11.9. The number of hydrogen-bond donors (Lipinski definition) is 2. The molecule has 0 aromatic heterocycles. The Balaban J connectivity index is 2.21. The molecule has 0 radical (unpaired) electrons. The molecule has 1 aromatic carbocycles. The smallest absolute Gasteiger partial charge is 0.229 e. The highest BCUT2D eigenvalue weighted by Crippen LogP contribution is 2.30. The molecule has 5 heteroatoms. The van der Waals surface area contributed by atoms with Crippen molar-refractivity contribution in [2.45, 2.75) is 27.2 Å². The van der Waals surface area contributed by atoms with Gasteiger partial charge in [0.2, 0.25) is 11.8 Å². The lowest BCUT2D eigenvalue weighted by Gasteiger charge is -2.18. The molecule has 0 unspecified atom stereocenters. The minimum atomic E-state index is -0.466.